The molecule has 3 heterocycles. The molecule has 9 heteroatoms. The second-order valence-electron chi connectivity index (χ2n) is 11.6. The Balaban J connectivity index is 1.21. The van der Waals surface area contributed by atoms with Crippen LogP contribution >= 0.6 is 0 Å². The topological polar surface area (TPSA) is 76.7 Å². The van der Waals surface area contributed by atoms with Gasteiger partial charge in [-0.15, -0.1) is 0 Å². The Bertz CT molecular complexity index is 1540. The maximum atomic E-state index is 13.5. The monoisotopic (exact) mass is 578 g/mol. The fourth-order valence-corrected chi connectivity index (χ4v) is 6.29. The zero-order chi connectivity index (χ0) is 29.9. The summed E-state index contributed by atoms with van der Waals surface area (Å²) in [5, 5.41) is 0. The van der Waals surface area contributed by atoms with Crippen molar-refractivity contribution in [3.63, 3.8) is 0 Å². The van der Waals surface area contributed by atoms with Gasteiger partial charge in [0.05, 0.1) is 24.1 Å². The van der Waals surface area contributed by atoms with E-state index in [1.165, 1.54) is 12.3 Å². The number of rotatable bonds is 12. The number of ketones is 2. The molecule has 0 spiro atoms. The molecule has 1 aliphatic carbocycles. The van der Waals surface area contributed by atoms with Gasteiger partial charge in [-0.2, -0.15) is 13.2 Å². The van der Waals surface area contributed by atoms with E-state index in [9.17, 15) is 22.8 Å². The molecule has 0 unspecified atom stereocenters. The molecule has 2 aromatic heterocycles. The smallest absolute Gasteiger partial charge is 0.299 e. The highest BCUT2D eigenvalue weighted by molar-refractivity contribution is 6.27. The van der Waals surface area contributed by atoms with Crippen LogP contribution in [0.25, 0.3) is 11.2 Å². The van der Waals surface area contributed by atoms with Gasteiger partial charge in [-0.05, 0) is 55.6 Å². The molecule has 3 aromatic rings. The van der Waals surface area contributed by atoms with Crippen LogP contribution in [-0.2, 0) is 17.6 Å². The summed E-state index contributed by atoms with van der Waals surface area (Å²) in [7, 11) is 0. The number of nitrogens with zero attached hydrogens (tertiary/aromatic N) is 4. The number of hydrogen-bond acceptors (Lipinski definition) is 5. The maximum Gasteiger partial charge on any atom is 0.433 e. The molecule has 1 fully saturated rings. The number of carbonyl (C=O) groups is 2. The fraction of sp³-hybridized carbons (Fsp3) is 0.485. The Kier molecular flexibility index (Phi) is 9.04. The SMILES string of the molecule is CCc1cc(Cc2nccn3c(C4=CCN=C4C(F)(F)F)cnc23)ccc1C(=O)CCCCCC(=O)[C@H]1CC[C@H](C)C1. The van der Waals surface area contributed by atoms with Crippen molar-refractivity contribution in [3.8, 4) is 0 Å². The normalized spacial score (nSPS) is 18.9. The van der Waals surface area contributed by atoms with Gasteiger partial charge in [0.25, 0.3) is 0 Å². The first-order valence-electron chi connectivity index (χ1n) is 15.0. The van der Waals surface area contributed by atoms with Gasteiger partial charge < -0.3 is 0 Å². The van der Waals surface area contributed by atoms with Crippen LogP contribution in [0, 0.1) is 11.8 Å². The summed E-state index contributed by atoms with van der Waals surface area (Å²) in [6.07, 6.45) is 9.41. The lowest BCUT2D eigenvalue weighted by Gasteiger charge is -2.12. The number of alkyl halides is 3. The first kappa shape index (κ1) is 29.9. The molecule has 2 aliphatic rings. The predicted molar refractivity (Wildman–Crippen MR) is 157 cm³/mol. The van der Waals surface area contributed by atoms with Crippen molar-refractivity contribution in [3.05, 3.63) is 70.9 Å². The molecule has 0 N–H and O–H groups in total. The van der Waals surface area contributed by atoms with E-state index in [0.29, 0.717) is 54.4 Å². The van der Waals surface area contributed by atoms with Crippen LogP contribution < -0.4 is 0 Å². The molecular weight excluding hydrogens is 541 g/mol. The summed E-state index contributed by atoms with van der Waals surface area (Å²) in [6.45, 7) is 4.21. The summed E-state index contributed by atoms with van der Waals surface area (Å²) in [4.78, 5) is 38.0. The van der Waals surface area contributed by atoms with Crippen molar-refractivity contribution in [2.24, 2.45) is 16.8 Å². The van der Waals surface area contributed by atoms with E-state index in [0.717, 1.165) is 55.2 Å². The number of aliphatic imine (C=N–C) groups is 1. The quantitative estimate of drug-likeness (QED) is 0.166. The lowest BCUT2D eigenvalue weighted by molar-refractivity contribution is -0.122. The molecule has 0 amide bonds. The summed E-state index contributed by atoms with van der Waals surface area (Å²) < 4.78 is 42.1. The summed E-state index contributed by atoms with van der Waals surface area (Å²) in [5.41, 5.74) is 3.22. The van der Waals surface area contributed by atoms with Crippen molar-refractivity contribution < 1.29 is 22.8 Å². The molecule has 0 saturated heterocycles. The number of allylic oxidation sites excluding steroid dienone is 1. The molecule has 1 aromatic carbocycles. The Hall–Kier alpha value is -3.62. The molecule has 5 rings (SSSR count). The van der Waals surface area contributed by atoms with E-state index < -0.39 is 11.9 Å². The summed E-state index contributed by atoms with van der Waals surface area (Å²) >= 11 is 0. The van der Waals surface area contributed by atoms with Crippen LogP contribution in [0.4, 0.5) is 13.2 Å². The average Bonchev–Trinajstić information content (AvgIpc) is 3.72. The predicted octanol–water partition coefficient (Wildman–Crippen LogP) is 7.42. The summed E-state index contributed by atoms with van der Waals surface area (Å²) in [5.74, 6) is 1.40. The van der Waals surface area contributed by atoms with E-state index >= 15 is 0 Å². The molecule has 42 heavy (non-hydrogen) atoms. The molecule has 1 aliphatic heterocycles. The molecule has 0 radical (unpaired) electrons. The number of unbranched alkanes of at least 4 members (excludes halogenated alkanes) is 2. The third-order valence-electron chi connectivity index (χ3n) is 8.55. The largest absolute Gasteiger partial charge is 0.433 e. The van der Waals surface area contributed by atoms with Crippen molar-refractivity contribution in [1.82, 2.24) is 14.4 Å². The Morgan fingerprint density at radius 3 is 2.62 bits per heavy atom. The van der Waals surface area contributed by atoms with Crippen LogP contribution in [0.2, 0.25) is 0 Å². The third kappa shape index (κ3) is 6.55. The molecule has 1 saturated carbocycles. The first-order chi connectivity index (χ1) is 20.2. The van der Waals surface area contributed by atoms with Crippen LogP contribution in [0.1, 0.15) is 98.1 Å². The van der Waals surface area contributed by atoms with Crippen molar-refractivity contribution >= 4 is 28.5 Å². The number of Topliss-reactive ketones (excluding diaryl/α,β-unsaturated/α-hetero) is 2. The second kappa shape index (κ2) is 12.7. The Morgan fingerprint density at radius 2 is 1.88 bits per heavy atom. The third-order valence-corrected chi connectivity index (χ3v) is 8.55. The Labute approximate surface area is 244 Å². The highest BCUT2D eigenvalue weighted by Crippen LogP contribution is 2.33. The standard InChI is InChI=1S/C33H37F3N4O2/c1-3-23-18-22(10-12-25(23)30(42)8-6-4-5-7-29(41)24-11-9-21(2)17-24)19-27-32-39-20-28(40(32)16-15-37-27)26-13-14-38-31(26)33(34,35)36/h10,12-13,15-16,18,20-21,24H,3-9,11,14,17,19H2,1-2H3/t21-,24-/m0/s1. The summed E-state index contributed by atoms with van der Waals surface area (Å²) in [6, 6.07) is 5.79. The van der Waals surface area contributed by atoms with E-state index in [4.69, 9.17) is 0 Å². The van der Waals surface area contributed by atoms with Crippen LogP contribution in [0.15, 0.2) is 47.9 Å². The zero-order valence-electron chi connectivity index (χ0n) is 24.2. The lowest BCUT2D eigenvalue weighted by Crippen LogP contribution is -2.23. The van der Waals surface area contributed by atoms with Crippen LogP contribution in [0.5, 0.6) is 0 Å². The average molecular weight is 579 g/mol. The number of hydrogen-bond donors (Lipinski definition) is 0. The number of aromatic nitrogens is 3. The van der Waals surface area contributed by atoms with Crippen molar-refractivity contribution in [2.75, 3.05) is 6.54 Å². The van der Waals surface area contributed by atoms with E-state index in [1.807, 2.05) is 25.1 Å². The molecule has 0 bridgehead atoms. The fourth-order valence-electron chi connectivity index (χ4n) is 6.29. The van der Waals surface area contributed by atoms with Crippen molar-refractivity contribution in [1.29, 1.82) is 0 Å². The number of imidazole rings is 1. The van der Waals surface area contributed by atoms with Gasteiger partial charge >= 0.3 is 6.18 Å². The van der Waals surface area contributed by atoms with Gasteiger partial charge in [-0.3, -0.25) is 24.0 Å². The van der Waals surface area contributed by atoms with Gasteiger partial charge in [-0.1, -0.05) is 44.5 Å². The number of benzene rings is 1. The van der Waals surface area contributed by atoms with Gasteiger partial charge in [0, 0.05) is 48.7 Å². The van der Waals surface area contributed by atoms with Gasteiger partial charge in [0.15, 0.2) is 11.4 Å². The maximum absolute atomic E-state index is 13.5. The van der Waals surface area contributed by atoms with Gasteiger partial charge in [0.1, 0.15) is 11.5 Å². The highest BCUT2D eigenvalue weighted by Gasteiger charge is 2.40. The second-order valence-corrected chi connectivity index (χ2v) is 11.6. The number of aryl methyl sites for hydroxylation is 1. The molecule has 2 atom stereocenters. The zero-order valence-corrected chi connectivity index (χ0v) is 24.2. The molecular formula is C33H37F3N4O2. The lowest BCUT2D eigenvalue weighted by atomic mass is 9.94. The van der Waals surface area contributed by atoms with Crippen molar-refractivity contribution in [2.45, 2.75) is 84.2 Å². The Morgan fingerprint density at radius 1 is 1.07 bits per heavy atom. The molecule has 222 valence electrons. The first-order valence-corrected chi connectivity index (χ1v) is 15.0. The van der Waals surface area contributed by atoms with E-state index in [1.54, 1.807) is 16.8 Å². The number of halogens is 3. The molecule has 6 nitrogen and oxygen atoms in total. The minimum absolute atomic E-state index is 0.0142. The minimum Gasteiger partial charge on any atom is -0.299 e. The van der Waals surface area contributed by atoms with E-state index in [2.05, 4.69) is 21.9 Å². The number of fused-ring (bicyclic) bond motifs is 1. The number of carbonyl (C=O) groups excluding carboxylic acids is 2. The highest BCUT2D eigenvalue weighted by atomic mass is 19.4. The van der Waals surface area contributed by atoms with Gasteiger partial charge in [-0.25, -0.2) is 4.98 Å². The van der Waals surface area contributed by atoms with Gasteiger partial charge in [0.2, 0.25) is 0 Å². The van der Waals surface area contributed by atoms with Crippen LogP contribution in [0.3, 0.4) is 0 Å². The minimum atomic E-state index is -4.54. The van der Waals surface area contributed by atoms with Crippen LogP contribution in [-0.4, -0.2) is 44.4 Å². The van der Waals surface area contributed by atoms with E-state index in [-0.39, 0.29) is 23.8 Å².